The molecule has 1 aromatic rings. The third-order valence-corrected chi connectivity index (χ3v) is 5.99. The predicted octanol–water partition coefficient (Wildman–Crippen LogP) is 3.42. The lowest BCUT2D eigenvalue weighted by atomic mass is 9.90. The number of aromatic nitrogens is 1. The molecule has 23 heavy (non-hydrogen) atoms. The zero-order valence-electron chi connectivity index (χ0n) is 14.9. The molecule has 1 aliphatic heterocycles. The van der Waals surface area contributed by atoms with E-state index < -0.39 is 0 Å². The SMILES string of the molecule is Cc1cc(C(=O)N2CCC(C)(CN)C2)c(C)n1C1CCCCC1. The van der Waals surface area contributed by atoms with E-state index in [4.69, 9.17) is 5.73 Å². The maximum absolute atomic E-state index is 13.0. The van der Waals surface area contributed by atoms with Crippen LogP contribution in [-0.2, 0) is 0 Å². The average molecular weight is 317 g/mol. The van der Waals surface area contributed by atoms with Gasteiger partial charge in [0, 0.05) is 30.5 Å². The molecule has 0 spiro atoms. The van der Waals surface area contributed by atoms with Crippen molar-refractivity contribution in [2.75, 3.05) is 19.6 Å². The molecule has 2 aliphatic rings. The molecule has 1 saturated carbocycles. The highest BCUT2D eigenvalue weighted by Crippen LogP contribution is 2.34. The van der Waals surface area contributed by atoms with Crippen molar-refractivity contribution in [1.29, 1.82) is 0 Å². The molecule has 3 rings (SSSR count). The van der Waals surface area contributed by atoms with Crippen molar-refractivity contribution >= 4 is 5.91 Å². The number of carbonyl (C=O) groups is 1. The van der Waals surface area contributed by atoms with E-state index in [0.29, 0.717) is 12.6 Å². The molecule has 4 nitrogen and oxygen atoms in total. The summed E-state index contributed by atoms with van der Waals surface area (Å²) in [5.74, 6) is 0.192. The Kier molecular flexibility index (Phi) is 4.54. The fourth-order valence-corrected chi connectivity index (χ4v) is 4.43. The van der Waals surface area contributed by atoms with Crippen LogP contribution in [0, 0.1) is 19.3 Å². The number of nitrogens with zero attached hydrogens (tertiary/aromatic N) is 2. The summed E-state index contributed by atoms with van der Waals surface area (Å²) in [6.07, 6.45) is 7.49. The summed E-state index contributed by atoms with van der Waals surface area (Å²) >= 11 is 0. The molecule has 2 heterocycles. The summed E-state index contributed by atoms with van der Waals surface area (Å²) in [5.41, 5.74) is 9.26. The standard InChI is InChI=1S/C19H31N3O/c1-14-11-17(15(2)22(14)16-7-5-4-6-8-16)18(23)21-10-9-19(3,12-20)13-21/h11,16H,4-10,12-13,20H2,1-3H3. The summed E-state index contributed by atoms with van der Waals surface area (Å²) in [5, 5.41) is 0. The number of amides is 1. The van der Waals surface area contributed by atoms with E-state index in [1.165, 1.54) is 37.8 Å². The van der Waals surface area contributed by atoms with Crippen LogP contribution in [0.1, 0.15) is 73.2 Å². The summed E-state index contributed by atoms with van der Waals surface area (Å²) in [7, 11) is 0. The van der Waals surface area contributed by atoms with Gasteiger partial charge in [0.05, 0.1) is 5.56 Å². The van der Waals surface area contributed by atoms with Crippen molar-refractivity contribution in [1.82, 2.24) is 9.47 Å². The first-order valence-corrected chi connectivity index (χ1v) is 9.13. The Balaban J connectivity index is 1.82. The minimum atomic E-state index is 0.0878. The second-order valence-electron chi connectivity index (χ2n) is 7.94. The van der Waals surface area contributed by atoms with Crippen LogP contribution in [0.5, 0.6) is 0 Å². The average Bonchev–Trinajstić information content (AvgIpc) is 3.09. The first-order chi connectivity index (χ1) is 10.9. The van der Waals surface area contributed by atoms with Gasteiger partial charge in [0.2, 0.25) is 0 Å². The Morgan fingerprint density at radius 3 is 2.61 bits per heavy atom. The van der Waals surface area contributed by atoms with Gasteiger partial charge in [-0.1, -0.05) is 26.2 Å². The molecule has 0 radical (unpaired) electrons. The Hall–Kier alpha value is -1.29. The van der Waals surface area contributed by atoms with Crippen LogP contribution < -0.4 is 5.73 Å². The lowest BCUT2D eigenvalue weighted by Gasteiger charge is -2.27. The Morgan fingerprint density at radius 1 is 1.30 bits per heavy atom. The van der Waals surface area contributed by atoms with E-state index in [9.17, 15) is 4.79 Å². The van der Waals surface area contributed by atoms with Crippen molar-refractivity contribution in [2.45, 2.75) is 65.3 Å². The van der Waals surface area contributed by atoms with Crippen molar-refractivity contribution in [3.8, 4) is 0 Å². The molecule has 2 N–H and O–H groups in total. The van der Waals surface area contributed by atoms with Gasteiger partial charge >= 0.3 is 0 Å². The highest BCUT2D eigenvalue weighted by molar-refractivity contribution is 5.96. The number of aryl methyl sites for hydroxylation is 1. The number of rotatable bonds is 3. The third kappa shape index (κ3) is 3.06. The molecular weight excluding hydrogens is 286 g/mol. The van der Waals surface area contributed by atoms with E-state index in [2.05, 4.69) is 31.4 Å². The monoisotopic (exact) mass is 317 g/mol. The molecule has 2 fully saturated rings. The summed E-state index contributed by atoms with van der Waals surface area (Å²) < 4.78 is 2.42. The Bertz CT molecular complexity index is 586. The maximum atomic E-state index is 13.0. The first-order valence-electron chi connectivity index (χ1n) is 9.13. The molecule has 1 unspecified atom stereocenters. The van der Waals surface area contributed by atoms with Gasteiger partial charge in [0.1, 0.15) is 0 Å². The minimum absolute atomic E-state index is 0.0878. The quantitative estimate of drug-likeness (QED) is 0.928. The molecule has 1 amide bonds. The van der Waals surface area contributed by atoms with E-state index in [-0.39, 0.29) is 11.3 Å². The summed E-state index contributed by atoms with van der Waals surface area (Å²) in [6, 6.07) is 2.68. The molecular formula is C19H31N3O. The second-order valence-corrected chi connectivity index (χ2v) is 7.94. The zero-order chi connectivity index (χ0) is 16.6. The summed E-state index contributed by atoms with van der Waals surface area (Å²) in [6.45, 7) is 8.72. The number of hydrogen-bond donors (Lipinski definition) is 1. The Morgan fingerprint density at radius 2 is 2.00 bits per heavy atom. The van der Waals surface area contributed by atoms with Crippen molar-refractivity contribution in [2.24, 2.45) is 11.1 Å². The molecule has 0 aromatic carbocycles. The molecule has 1 atom stereocenters. The van der Waals surface area contributed by atoms with Gasteiger partial charge in [-0.2, -0.15) is 0 Å². The van der Waals surface area contributed by atoms with Crippen LogP contribution in [0.25, 0.3) is 0 Å². The molecule has 1 aromatic heterocycles. The van der Waals surface area contributed by atoms with Gasteiger partial charge in [-0.05, 0) is 51.1 Å². The molecule has 1 aliphatic carbocycles. The largest absolute Gasteiger partial charge is 0.345 e. The minimum Gasteiger partial charge on any atom is -0.345 e. The highest BCUT2D eigenvalue weighted by Gasteiger charge is 2.36. The number of hydrogen-bond acceptors (Lipinski definition) is 2. The fourth-order valence-electron chi connectivity index (χ4n) is 4.43. The van der Waals surface area contributed by atoms with Gasteiger partial charge in [-0.25, -0.2) is 0 Å². The van der Waals surface area contributed by atoms with Gasteiger partial charge in [-0.15, -0.1) is 0 Å². The topological polar surface area (TPSA) is 51.3 Å². The predicted molar refractivity (Wildman–Crippen MR) is 93.7 cm³/mol. The van der Waals surface area contributed by atoms with E-state index in [1.54, 1.807) is 0 Å². The number of carbonyl (C=O) groups excluding carboxylic acids is 1. The van der Waals surface area contributed by atoms with Crippen LogP contribution in [0.15, 0.2) is 6.07 Å². The smallest absolute Gasteiger partial charge is 0.255 e. The van der Waals surface area contributed by atoms with Crippen LogP contribution in [0.2, 0.25) is 0 Å². The zero-order valence-corrected chi connectivity index (χ0v) is 14.9. The molecule has 4 heteroatoms. The fraction of sp³-hybridized carbons (Fsp3) is 0.737. The maximum Gasteiger partial charge on any atom is 0.255 e. The normalized spacial score (nSPS) is 26.0. The van der Waals surface area contributed by atoms with E-state index in [0.717, 1.165) is 30.8 Å². The van der Waals surface area contributed by atoms with Crippen molar-refractivity contribution in [3.63, 3.8) is 0 Å². The van der Waals surface area contributed by atoms with E-state index in [1.807, 2.05) is 4.90 Å². The number of likely N-dealkylation sites (tertiary alicyclic amines) is 1. The van der Waals surface area contributed by atoms with Crippen molar-refractivity contribution in [3.05, 3.63) is 23.0 Å². The van der Waals surface area contributed by atoms with Gasteiger partial charge in [0.25, 0.3) is 5.91 Å². The molecule has 1 saturated heterocycles. The van der Waals surface area contributed by atoms with Crippen LogP contribution >= 0.6 is 0 Å². The van der Waals surface area contributed by atoms with Gasteiger partial charge in [-0.3, -0.25) is 4.79 Å². The highest BCUT2D eigenvalue weighted by atomic mass is 16.2. The number of nitrogens with two attached hydrogens (primary N) is 1. The van der Waals surface area contributed by atoms with Crippen LogP contribution in [-0.4, -0.2) is 35.0 Å². The van der Waals surface area contributed by atoms with Crippen molar-refractivity contribution < 1.29 is 4.79 Å². The Labute approximate surface area is 140 Å². The van der Waals surface area contributed by atoms with Crippen LogP contribution in [0.4, 0.5) is 0 Å². The molecule has 128 valence electrons. The third-order valence-electron chi connectivity index (χ3n) is 5.99. The lowest BCUT2D eigenvalue weighted by molar-refractivity contribution is 0.0776. The van der Waals surface area contributed by atoms with Crippen LogP contribution in [0.3, 0.4) is 0 Å². The van der Waals surface area contributed by atoms with E-state index >= 15 is 0 Å². The lowest BCUT2D eigenvalue weighted by Crippen LogP contribution is -2.34. The second kappa shape index (κ2) is 6.31. The summed E-state index contributed by atoms with van der Waals surface area (Å²) in [4.78, 5) is 15.0. The first kappa shape index (κ1) is 16.6. The van der Waals surface area contributed by atoms with Gasteiger partial charge in [0.15, 0.2) is 0 Å². The molecule has 0 bridgehead atoms. The van der Waals surface area contributed by atoms with Gasteiger partial charge < -0.3 is 15.2 Å².